The highest BCUT2D eigenvalue weighted by molar-refractivity contribution is 7.98. The summed E-state index contributed by atoms with van der Waals surface area (Å²) in [5, 5.41) is 0. The third kappa shape index (κ3) is 3.76. The first-order valence-electron chi connectivity index (χ1n) is 7.82. The molecule has 1 fully saturated rings. The molecule has 1 unspecified atom stereocenters. The number of fused-ring (bicyclic) bond motifs is 1. The Balaban J connectivity index is 1.60. The molecule has 3 rings (SSSR count). The fraction of sp³-hybridized carbons (Fsp3) is 0.438. The number of aromatic nitrogens is 1. The molecule has 0 aliphatic carbocycles. The highest BCUT2D eigenvalue weighted by Crippen LogP contribution is 2.34. The second-order valence-electron chi connectivity index (χ2n) is 5.57. The number of amides is 1. The number of pyridine rings is 1. The van der Waals surface area contributed by atoms with E-state index < -0.39 is 5.97 Å². The number of carbonyl (C=O) groups excluding carboxylic acids is 2. The average molecular weight is 365 g/mol. The Morgan fingerprint density at radius 3 is 3.17 bits per heavy atom. The van der Waals surface area contributed by atoms with Crippen LogP contribution in [0.25, 0.3) is 0 Å². The van der Waals surface area contributed by atoms with Crippen molar-refractivity contribution >= 4 is 35.7 Å². The smallest absolute Gasteiger partial charge is 0.367 e. The van der Waals surface area contributed by atoms with Gasteiger partial charge >= 0.3 is 5.97 Å². The number of carbonyl (C=O) groups is 2. The van der Waals surface area contributed by atoms with Crippen LogP contribution < -0.4 is 5.73 Å². The van der Waals surface area contributed by atoms with Gasteiger partial charge in [-0.2, -0.15) is 11.8 Å². The van der Waals surface area contributed by atoms with Gasteiger partial charge in [-0.15, -0.1) is 0 Å². The Kier molecular flexibility index (Phi) is 5.80. The second kappa shape index (κ2) is 8.04. The van der Waals surface area contributed by atoms with Crippen LogP contribution in [0.2, 0.25) is 0 Å². The van der Waals surface area contributed by atoms with E-state index in [1.807, 2.05) is 6.07 Å². The maximum absolute atomic E-state index is 12.3. The van der Waals surface area contributed by atoms with Crippen LogP contribution in [-0.2, 0) is 19.5 Å². The molecule has 128 valence electrons. The van der Waals surface area contributed by atoms with Gasteiger partial charge in [0.2, 0.25) is 5.91 Å². The summed E-state index contributed by atoms with van der Waals surface area (Å²) < 4.78 is 5.37. The van der Waals surface area contributed by atoms with Crippen molar-refractivity contribution in [2.45, 2.75) is 36.0 Å². The fourth-order valence-electron chi connectivity index (χ4n) is 2.73. The largest absolute Gasteiger partial charge is 0.381 e. The molecule has 6 nitrogen and oxygen atoms in total. The molecule has 0 saturated carbocycles. The Hall–Kier alpha value is -1.51. The van der Waals surface area contributed by atoms with Gasteiger partial charge in [0.1, 0.15) is 5.70 Å². The molecule has 1 atom stereocenters. The monoisotopic (exact) mass is 365 g/mol. The molecule has 1 saturated heterocycles. The van der Waals surface area contributed by atoms with Crippen molar-refractivity contribution in [2.75, 3.05) is 12.3 Å². The summed E-state index contributed by atoms with van der Waals surface area (Å²) in [6, 6.07) is 1.99. The molecule has 2 aliphatic heterocycles. The van der Waals surface area contributed by atoms with E-state index in [1.165, 1.54) is 0 Å². The number of nitrogens with two attached hydrogens (primary N) is 1. The lowest BCUT2D eigenvalue weighted by atomic mass is 9.92. The maximum atomic E-state index is 12.3. The molecule has 1 aromatic rings. The Labute approximate surface area is 149 Å². The van der Waals surface area contributed by atoms with E-state index in [9.17, 15) is 9.59 Å². The van der Waals surface area contributed by atoms with Crippen LogP contribution in [-0.4, -0.2) is 40.1 Å². The molecule has 2 aliphatic rings. The van der Waals surface area contributed by atoms with E-state index in [1.54, 1.807) is 35.1 Å². The first-order chi connectivity index (χ1) is 11.7. The van der Waals surface area contributed by atoms with E-state index in [2.05, 4.69) is 4.98 Å². The zero-order valence-corrected chi connectivity index (χ0v) is 14.8. The molecule has 8 heteroatoms. The normalized spacial score (nSPS) is 19.4. The zero-order valence-electron chi connectivity index (χ0n) is 13.1. The number of hydrogen-bond acceptors (Lipinski definition) is 7. The van der Waals surface area contributed by atoms with Crippen molar-refractivity contribution in [3.05, 3.63) is 35.8 Å². The summed E-state index contributed by atoms with van der Waals surface area (Å²) >= 11 is 2.73. The summed E-state index contributed by atoms with van der Waals surface area (Å²) in [6.45, 7) is 0.627. The van der Waals surface area contributed by atoms with Crippen LogP contribution in [0.5, 0.6) is 0 Å². The third-order valence-corrected chi connectivity index (χ3v) is 5.79. The van der Waals surface area contributed by atoms with Crippen LogP contribution in [0, 0.1) is 0 Å². The number of rotatable bonds is 7. The van der Waals surface area contributed by atoms with Gasteiger partial charge in [0, 0.05) is 42.9 Å². The van der Waals surface area contributed by atoms with Gasteiger partial charge in [0.05, 0.1) is 16.9 Å². The van der Waals surface area contributed by atoms with Gasteiger partial charge < -0.3 is 14.8 Å². The van der Waals surface area contributed by atoms with Crippen LogP contribution >= 0.6 is 23.8 Å². The minimum atomic E-state index is -0.463. The van der Waals surface area contributed by atoms with E-state index in [4.69, 9.17) is 9.92 Å². The number of allylic oxidation sites excluding steroid dienone is 1. The van der Waals surface area contributed by atoms with Gasteiger partial charge in [-0.3, -0.25) is 9.78 Å². The predicted octanol–water partition coefficient (Wildman–Crippen LogP) is 2.10. The first-order valence-corrected chi connectivity index (χ1v) is 9.72. The van der Waals surface area contributed by atoms with Crippen LogP contribution in [0.1, 0.15) is 24.8 Å². The van der Waals surface area contributed by atoms with Gasteiger partial charge in [-0.25, -0.2) is 4.79 Å². The predicted molar refractivity (Wildman–Crippen MR) is 94.0 cm³/mol. The van der Waals surface area contributed by atoms with E-state index >= 15 is 0 Å². The minimum Gasteiger partial charge on any atom is -0.381 e. The molecular formula is C16H19N3O3S2. The summed E-state index contributed by atoms with van der Waals surface area (Å²) in [7, 11) is 0. The van der Waals surface area contributed by atoms with Gasteiger partial charge in [-0.1, -0.05) is 6.08 Å². The SMILES string of the molecule is NCCSCc1cnccc1SOC(=O)C1=CCCC2CC(=O)N12. The topological polar surface area (TPSA) is 85.5 Å². The minimum absolute atomic E-state index is 0.00400. The van der Waals surface area contributed by atoms with Gasteiger partial charge in [0.25, 0.3) is 0 Å². The van der Waals surface area contributed by atoms with Crippen LogP contribution in [0.15, 0.2) is 35.1 Å². The lowest BCUT2D eigenvalue weighted by molar-refractivity contribution is -0.148. The standard InChI is InChI=1S/C16H19N3O3S2/c17-5-7-23-10-11-9-18-6-4-14(11)24-22-16(21)13-3-1-2-12-8-15(20)19(12)13/h3-4,6,9,12H,1-2,5,7-8,10,17H2. The van der Waals surface area contributed by atoms with Crippen molar-refractivity contribution in [3.8, 4) is 0 Å². The van der Waals surface area contributed by atoms with Crippen molar-refractivity contribution in [1.29, 1.82) is 0 Å². The van der Waals surface area contributed by atoms with E-state index in [0.717, 1.165) is 46.8 Å². The van der Waals surface area contributed by atoms with Crippen molar-refractivity contribution in [3.63, 3.8) is 0 Å². The molecule has 1 aromatic heterocycles. The lowest BCUT2D eigenvalue weighted by Gasteiger charge is -2.43. The van der Waals surface area contributed by atoms with Crippen molar-refractivity contribution < 1.29 is 13.8 Å². The molecule has 0 bridgehead atoms. The molecule has 1 amide bonds. The maximum Gasteiger partial charge on any atom is 0.367 e. The molecule has 24 heavy (non-hydrogen) atoms. The zero-order chi connectivity index (χ0) is 16.9. The lowest BCUT2D eigenvalue weighted by Crippen LogP contribution is -2.54. The summed E-state index contributed by atoms with van der Waals surface area (Å²) in [4.78, 5) is 30.6. The molecule has 2 N–H and O–H groups in total. The average Bonchev–Trinajstić information content (AvgIpc) is 2.59. The first kappa shape index (κ1) is 17.3. The molecular weight excluding hydrogens is 346 g/mol. The summed E-state index contributed by atoms with van der Waals surface area (Å²) in [6.07, 6.45) is 7.49. The highest BCUT2D eigenvalue weighted by Gasteiger charge is 2.42. The van der Waals surface area contributed by atoms with Crippen molar-refractivity contribution in [1.82, 2.24) is 9.88 Å². The van der Waals surface area contributed by atoms with Gasteiger partial charge in [-0.05, 0) is 24.5 Å². The van der Waals surface area contributed by atoms with E-state index in [0.29, 0.717) is 18.7 Å². The number of hydrogen-bond donors (Lipinski definition) is 1. The Bertz CT molecular complexity index is 666. The second-order valence-corrected chi connectivity index (χ2v) is 7.45. The van der Waals surface area contributed by atoms with Crippen molar-refractivity contribution in [2.24, 2.45) is 5.73 Å². The quantitative estimate of drug-likeness (QED) is 0.450. The number of thioether (sulfide) groups is 1. The summed E-state index contributed by atoms with van der Waals surface area (Å²) in [5.74, 6) is 1.16. The van der Waals surface area contributed by atoms with Gasteiger partial charge in [0.15, 0.2) is 0 Å². The van der Waals surface area contributed by atoms with E-state index in [-0.39, 0.29) is 11.9 Å². The Morgan fingerprint density at radius 2 is 2.38 bits per heavy atom. The summed E-state index contributed by atoms with van der Waals surface area (Å²) in [5.41, 5.74) is 6.89. The third-order valence-electron chi connectivity index (χ3n) is 3.94. The fourth-order valence-corrected chi connectivity index (χ4v) is 4.18. The molecule has 0 radical (unpaired) electrons. The molecule has 0 aromatic carbocycles. The number of β-lactam (4-membered cyclic amide) rings is 1. The van der Waals surface area contributed by atoms with Crippen LogP contribution in [0.3, 0.4) is 0 Å². The number of nitrogens with zero attached hydrogens (tertiary/aromatic N) is 2. The Morgan fingerprint density at radius 1 is 1.50 bits per heavy atom. The highest BCUT2D eigenvalue weighted by atomic mass is 32.2. The molecule has 0 spiro atoms. The molecule has 3 heterocycles. The van der Waals surface area contributed by atoms with Crippen LogP contribution in [0.4, 0.5) is 0 Å².